The van der Waals surface area contributed by atoms with Gasteiger partial charge in [-0.05, 0) is 53.9 Å². The number of hydrogen-bond acceptors (Lipinski definition) is 5. The molecule has 1 N–H and O–H groups in total. The predicted molar refractivity (Wildman–Crippen MR) is 103 cm³/mol. The number of hydrogen-bond donors (Lipinski definition) is 1. The second kappa shape index (κ2) is 8.15. The molecule has 0 spiro atoms. The molecular weight excluding hydrogens is 356 g/mol. The first-order chi connectivity index (χ1) is 13.7. The smallest absolute Gasteiger partial charge is 0.344 e. The Morgan fingerprint density at radius 1 is 1.11 bits per heavy atom. The molecule has 0 amide bonds. The van der Waals surface area contributed by atoms with Gasteiger partial charge in [0, 0.05) is 5.92 Å². The van der Waals surface area contributed by atoms with Crippen molar-refractivity contribution in [1.82, 2.24) is 0 Å². The molecule has 2 aromatic rings. The van der Waals surface area contributed by atoms with Crippen LogP contribution in [0.1, 0.15) is 23.1 Å². The molecule has 2 aliphatic carbocycles. The summed E-state index contributed by atoms with van der Waals surface area (Å²) in [4.78, 5) is 23.4. The zero-order valence-electron chi connectivity index (χ0n) is 15.6. The van der Waals surface area contributed by atoms with Crippen molar-refractivity contribution >= 4 is 12.3 Å². The van der Waals surface area contributed by atoms with Crippen molar-refractivity contribution in [1.29, 1.82) is 0 Å². The number of benzene rings is 2. The second-order valence-corrected chi connectivity index (χ2v) is 7.68. The third-order valence-electron chi connectivity index (χ3n) is 5.99. The van der Waals surface area contributed by atoms with Gasteiger partial charge in [-0.15, -0.1) is 0 Å². The molecule has 0 aliphatic heterocycles. The first kappa shape index (κ1) is 18.7. The molecule has 0 unspecified atom stereocenters. The summed E-state index contributed by atoms with van der Waals surface area (Å²) < 4.78 is 11.0. The maximum absolute atomic E-state index is 12.0. The Hall–Kier alpha value is -2.66. The Kier molecular flexibility index (Phi) is 5.44. The van der Waals surface area contributed by atoms with Gasteiger partial charge in [-0.3, -0.25) is 0 Å². The van der Waals surface area contributed by atoms with E-state index >= 15 is 0 Å². The van der Waals surface area contributed by atoms with E-state index in [0.29, 0.717) is 12.2 Å². The van der Waals surface area contributed by atoms with Crippen molar-refractivity contribution in [3.63, 3.8) is 0 Å². The fourth-order valence-electron chi connectivity index (χ4n) is 4.57. The van der Waals surface area contributed by atoms with Crippen molar-refractivity contribution in [2.75, 3.05) is 6.61 Å². The number of aldehydes is 1. The van der Waals surface area contributed by atoms with Crippen LogP contribution in [0.2, 0.25) is 0 Å². The Balaban J connectivity index is 1.39. The van der Waals surface area contributed by atoms with Crippen LogP contribution in [0.15, 0.2) is 48.5 Å². The zero-order valence-corrected chi connectivity index (χ0v) is 15.6. The number of ether oxygens (including phenoxy) is 2. The lowest BCUT2D eigenvalue weighted by Gasteiger charge is -2.30. The summed E-state index contributed by atoms with van der Waals surface area (Å²) in [7, 11) is 0. The van der Waals surface area contributed by atoms with E-state index in [-0.39, 0.29) is 31.0 Å². The molecule has 2 aromatic carbocycles. The average Bonchev–Trinajstić information content (AvgIpc) is 3.03. The standard InChI is InChI=1S/C23H24O5/c24-12-20-18-9-16-7-4-8-22(19(16)10-17(18)11-21(20)25)27-14-23(26)28-13-15-5-2-1-3-6-15/h1-8,12,17-18,20-21,25H,9-11,13-14H2/t17-,18-,20+,21+/m0/s1. The molecule has 0 bridgehead atoms. The lowest BCUT2D eigenvalue weighted by molar-refractivity contribution is -0.147. The number of aliphatic hydroxyl groups excluding tert-OH is 1. The minimum absolute atomic E-state index is 0.142. The van der Waals surface area contributed by atoms with Crippen molar-refractivity contribution in [3.05, 3.63) is 65.2 Å². The van der Waals surface area contributed by atoms with E-state index in [0.717, 1.165) is 35.8 Å². The summed E-state index contributed by atoms with van der Waals surface area (Å²) in [6, 6.07) is 15.3. The number of aliphatic hydroxyl groups is 1. The number of rotatable bonds is 6. The van der Waals surface area contributed by atoms with E-state index < -0.39 is 12.1 Å². The minimum Gasteiger partial charge on any atom is -0.482 e. The van der Waals surface area contributed by atoms with Gasteiger partial charge in [0.25, 0.3) is 0 Å². The van der Waals surface area contributed by atoms with Crippen LogP contribution in [0.5, 0.6) is 5.75 Å². The van der Waals surface area contributed by atoms with Gasteiger partial charge in [0.15, 0.2) is 6.61 Å². The van der Waals surface area contributed by atoms with Crippen LogP contribution in [0.4, 0.5) is 0 Å². The summed E-state index contributed by atoms with van der Waals surface area (Å²) in [6.07, 6.45) is 2.51. The lowest BCUT2D eigenvalue weighted by Crippen LogP contribution is -2.28. The number of carbonyl (C=O) groups excluding carboxylic acids is 2. The largest absolute Gasteiger partial charge is 0.482 e. The summed E-state index contributed by atoms with van der Waals surface area (Å²) in [6.45, 7) is 0.0849. The molecule has 0 radical (unpaired) electrons. The van der Waals surface area contributed by atoms with Crippen LogP contribution in [0.25, 0.3) is 0 Å². The van der Waals surface area contributed by atoms with Gasteiger partial charge in [0.2, 0.25) is 0 Å². The third-order valence-corrected chi connectivity index (χ3v) is 5.99. The Morgan fingerprint density at radius 2 is 1.93 bits per heavy atom. The van der Waals surface area contributed by atoms with E-state index in [9.17, 15) is 14.7 Å². The summed E-state index contributed by atoms with van der Waals surface area (Å²) >= 11 is 0. The van der Waals surface area contributed by atoms with Gasteiger partial charge in [-0.25, -0.2) is 4.79 Å². The van der Waals surface area contributed by atoms with Gasteiger partial charge in [-0.2, -0.15) is 0 Å². The molecule has 4 atom stereocenters. The molecule has 5 heteroatoms. The third kappa shape index (κ3) is 3.80. The molecule has 5 nitrogen and oxygen atoms in total. The highest BCUT2D eigenvalue weighted by atomic mass is 16.6. The van der Waals surface area contributed by atoms with Crippen LogP contribution in [-0.2, 0) is 33.8 Å². The van der Waals surface area contributed by atoms with E-state index in [1.54, 1.807) is 0 Å². The monoisotopic (exact) mass is 380 g/mol. The number of carbonyl (C=O) groups is 2. The zero-order chi connectivity index (χ0) is 19.5. The highest BCUT2D eigenvalue weighted by Gasteiger charge is 2.45. The number of fused-ring (bicyclic) bond motifs is 2. The topological polar surface area (TPSA) is 72.8 Å². The van der Waals surface area contributed by atoms with Crippen molar-refractivity contribution in [2.45, 2.75) is 32.0 Å². The molecule has 4 rings (SSSR count). The van der Waals surface area contributed by atoms with Crippen LogP contribution in [0, 0.1) is 17.8 Å². The Bertz CT molecular complexity index is 847. The van der Waals surface area contributed by atoms with Crippen molar-refractivity contribution < 1.29 is 24.2 Å². The van der Waals surface area contributed by atoms with Crippen LogP contribution in [-0.4, -0.2) is 30.1 Å². The molecular formula is C23H24O5. The molecule has 1 saturated carbocycles. The van der Waals surface area contributed by atoms with E-state index in [1.165, 1.54) is 0 Å². The molecule has 0 saturated heterocycles. The Morgan fingerprint density at radius 3 is 2.71 bits per heavy atom. The molecule has 1 fully saturated rings. The average molecular weight is 380 g/mol. The quantitative estimate of drug-likeness (QED) is 0.616. The highest BCUT2D eigenvalue weighted by Crippen LogP contribution is 2.46. The van der Waals surface area contributed by atoms with Crippen molar-refractivity contribution in [2.24, 2.45) is 17.8 Å². The van der Waals surface area contributed by atoms with Gasteiger partial charge in [0.1, 0.15) is 18.6 Å². The van der Waals surface area contributed by atoms with E-state index in [4.69, 9.17) is 9.47 Å². The van der Waals surface area contributed by atoms with Gasteiger partial charge < -0.3 is 19.4 Å². The fourth-order valence-corrected chi connectivity index (χ4v) is 4.57. The first-order valence-corrected chi connectivity index (χ1v) is 9.72. The lowest BCUT2D eigenvalue weighted by atomic mass is 9.75. The van der Waals surface area contributed by atoms with Crippen LogP contribution < -0.4 is 4.74 Å². The van der Waals surface area contributed by atoms with Gasteiger partial charge in [0.05, 0.1) is 6.10 Å². The highest BCUT2D eigenvalue weighted by molar-refractivity contribution is 5.71. The van der Waals surface area contributed by atoms with Crippen LogP contribution in [0.3, 0.4) is 0 Å². The van der Waals surface area contributed by atoms with E-state index in [2.05, 4.69) is 0 Å². The molecule has 2 aliphatic rings. The van der Waals surface area contributed by atoms with Crippen molar-refractivity contribution in [3.8, 4) is 5.75 Å². The maximum atomic E-state index is 12.0. The molecule has 146 valence electrons. The maximum Gasteiger partial charge on any atom is 0.344 e. The normalized spacial score (nSPS) is 25.5. The molecule has 0 heterocycles. The first-order valence-electron chi connectivity index (χ1n) is 9.72. The SMILES string of the molecule is O=C[C@@H]1[C@H]2Cc3cccc(OCC(=O)OCc4ccccc4)c3C[C@H]2C[C@H]1O. The summed E-state index contributed by atoms with van der Waals surface area (Å²) in [5, 5.41) is 10.2. The molecule has 0 aromatic heterocycles. The minimum atomic E-state index is -0.556. The Labute approximate surface area is 164 Å². The predicted octanol–water partition coefficient (Wildman–Crippen LogP) is 2.72. The second-order valence-electron chi connectivity index (χ2n) is 7.68. The van der Waals surface area contributed by atoms with Gasteiger partial charge in [-0.1, -0.05) is 42.5 Å². The summed E-state index contributed by atoms with van der Waals surface area (Å²) in [5.74, 6) is 0.457. The van der Waals surface area contributed by atoms with Crippen LogP contribution >= 0.6 is 0 Å². The van der Waals surface area contributed by atoms with E-state index in [1.807, 2.05) is 48.5 Å². The number of esters is 1. The molecule has 28 heavy (non-hydrogen) atoms. The fraction of sp³-hybridized carbons (Fsp3) is 0.391. The summed E-state index contributed by atoms with van der Waals surface area (Å²) in [5.41, 5.74) is 3.15. The van der Waals surface area contributed by atoms with Gasteiger partial charge >= 0.3 is 5.97 Å².